The van der Waals surface area contributed by atoms with Crippen molar-refractivity contribution in [3.63, 3.8) is 0 Å². The van der Waals surface area contributed by atoms with Gasteiger partial charge in [0.15, 0.2) is 0 Å². The van der Waals surface area contributed by atoms with Crippen LogP contribution in [0.4, 0.5) is 4.39 Å². The first-order chi connectivity index (χ1) is 9.44. The number of benzene rings is 1. The van der Waals surface area contributed by atoms with Crippen LogP contribution >= 0.6 is 0 Å². The highest BCUT2D eigenvalue weighted by Gasteiger charge is 2.45. The molecule has 1 aromatic rings. The van der Waals surface area contributed by atoms with Crippen molar-refractivity contribution in [2.24, 2.45) is 17.1 Å². The Bertz CT molecular complexity index is 584. The van der Waals surface area contributed by atoms with Crippen molar-refractivity contribution in [1.82, 2.24) is 5.32 Å². The van der Waals surface area contributed by atoms with Gasteiger partial charge in [0.1, 0.15) is 5.82 Å². The number of rotatable bonds is 3. The fraction of sp³-hybridized carbons (Fsp3) is 0.438. The van der Waals surface area contributed by atoms with Crippen molar-refractivity contribution in [3.05, 3.63) is 35.1 Å². The van der Waals surface area contributed by atoms with E-state index in [0.29, 0.717) is 23.4 Å². The summed E-state index contributed by atoms with van der Waals surface area (Å²) in [5.41, 5.74) is 6.13. The molecule has 1 saturated carbocycles. The third kappa shape index (κ3) is 3.37. The summed E-state index contributed by atoms with van der Waals surface area (Å²) in [5, 5.41) is 2.79. The van der Waals surface area contributed by atoms with E-state index >= 15 is 0 Å². The van der Waals surface area contributed by atoms with Crippen molar-refractivity contribution >= 4 is 5.91 Å². The summed E-state index contributed by atoms with van der Waals surface area (Å²) in [6.45, 7) is 5.14. The normalized spacial score (nSPS) is 18.9. The minimum atomic E-state index is -0.554. The molecule has 3 N–H and O–H groups in total. The SMILES string of the molecule is CC1(C)CC1CNC(=O)c1ccc(C#CCN)cc1F. The number of halogens is 1. The van der Waals surface area contributed by atoms with Crippen LogP contribution < -0.4 is 11.1 Å². The van der Waals surface area contributed by atoms with Crippen LogP contribution in [0.5, 0.6) is 0 Å². The molecule has 0 spiro atoms. The van der Waals surface area contributed by atoms with Crippen molar-refractivity contribution in [3.8, 4) is 11.8 Å². The highest BCUT2D eigenvalue weighted by Crippen LogP contribution is 2.50. The molecule has 0 heterocycles. The molecular weight excluding hydrogens is 255 g/mol. The number of nitrogens with one attached hydrogen (secondary N) is 1. The molecule has 1 aliphatic carbocycles. The van der Waals surface area contributed by atoms with Gasteiger partial charge in [-0.2, -0.15) is 0 Å². The van der Waals surface area contributed by atoms with Crippen molar-refractivity contribution in [1.29, 1.82) is 0 Å². The number of hydrogen-bond donors (Lipinski definition) is 2. The lowest BCUT2D eigenvalue weighted by Crippen LogP contribution is -2.27. The van der Waals surface area contributed by atoms with Crippen molar-refractivity contribution in [2.75, 3.05) is 13.1 Å². The molecule has 20 heavy (non-hydrogen) atoms. The molecule has 0 aliphatic heterocycles. The summed E-state index contributed by atoms with van der Waals surface area (Å²) in [6.07, 6.45) is 1.10. The van der Waals surface area contributed by atoms with Gasteiger partial charge in [0.2, 0.25) is 0 Å². The Balaban J connectivity index is 1.99. The summed E-state index contributed by atoms with van der Waals surface area (Å²) < 4.78 is 13.9. The quantitative estimate of drug-likeness (QED) is 0.827. The number of amides is 1. The van der Waals surface area contributed by atoms with Crippen LogP contribution in [0.15, 0.2) is 18.2 Å². The highest BCUT2D eigenvalue weighted by atomic mass is 19.1. The first-order valence-corrected chi connectivity index (χ1v) is 6.71. The van der Waals surface area contributed by atoms with E-state index in [-0.39, 0.29) is 18.0 Å². The molecule has 1 amide bonds. The van der Waals surface area contributed by atoms with E-state index < -0.39 is 5.82 Å². The lowest BCUT2D eigenvalue weighted by Gasteiger charge is -2.07. The minimum Gasteiger partial charge on any atom is -0.352 e. The van der Waals surface area contributed by atoms with Crippen LogP contribution in [0.1, 0.15) is 36.2 Å². The monoisotopic (exact) mass is 274 g/mol. The molecule has 0 aromatic heterocycles. The Morgan fingerprint density at radius 2 is 2.25 bits per heavy atom. The van der Waals surface area contributed by atoms with Crippen molar-refractivity contribution in [2.45, 2.75) is 20.3 Å². The molecule has 0 saturated heterocycles. The Morgan fingerprint density at radius 3 is 2.80 bits per heavy atom. The predicted molar refractivity (Wildman–Crippen MR) is 76.6 cm³/mol. The van der Waals surface area contributed by atoms with E-state index in [9.17, 15) is 9.18 Å². The van der Waals surface area contributed by atoms with E-state index in [1.807, 2.05) is 0 Å². The molecule has 3 nitrogen and oxygen atoms in total. The van der Waals surface area contributed by atoms with Gasteiger partial charge in [-0.3, -0.25) is 4.79 Å². The van der Waals surface area contributed by atoms with Gasteiger partial charge in [0.05, 0.1) is 12.1 Å². The second-order valence-electron chi connectivity index (χ2n) is 5.80. The first-order valence-electron chi connectivity index (χ1n) is 6.71. The van der Waals surface area contributed by atoms with Gasteiger partial charge in [0, 0.05) is 12.1 Å². The summed E-state index contributed by atoms with van der Waals surface area (Å²) >= 11 is 0. The van der Waals surface area contributed by atoms with Gasteiger partial charge in [0.25, 0.3) is 5.91 Å². The third-order valence-corrected chi connectivity index (χ3v) is 3.78. The Kier molecular flexibility index (Phi) is 4.10. The van der Waals surface area contributed by atoms with E-state index in [1.165, 1.54) is 12.1 Å². The summed E-state index contributed by atoms with van der Waals surface area (Å²) in [4.78, 5) is 11.9. The summed E-state index contributed by atoms with van der Waals surface area (Å²) in [6, 6.07) is 4.35. The number of carbonyl (C=O) groups excluding carboxylic acids is 1. The van der Waals surface area contributed by atoms with E-state index in [1.54, 1.807) is 6.07 Å². The maximum atomic E-state index is 13.9. The molecule has 1 unspecified atom stereocenters. The average Bonchev–Trinajstić information content (AvgIpc) is 3.01. The number of nitrogens with two attached hydrogens (primary N) is 1. The number of carbonyl (C=O) groups is 1. The molecule has 2 rings (SSSR count). The van der Waals surface area contributed by atoms with Crippen LogP contribution in [0.3, 0.4) is 0 Å². The summed E-state index contributed by atoms with van der Waals surface area (Å²) in [7, 11) is 0. The van der Waals surface area contributed by atoms with Crippen LogP contribution in [-0.4, -0.2) is 19.0 Å². The largest absolute Gasteiger partial charge is 0.352 e. The standard InChI is InChI=1S/C16H19FN2O/c1-16(2)9-12(16)10-19-15(20)13-6-5-11(4-3-7-18)8-14(13)17/h5-6,8,12H,7,9-10,18H2,1-2H3,(H,19,20). The Morgan fingerprint density at radius 1 is 1.55 bits per heavy atom. The highest BCUT2D eigenvalue weighted by molar-refractivity contribution is 5.94. The second kappa shape index (κ2) is 5.64. The van der Waals surface area contributed by atoms with Gasteiger partial charge in [-0.15, -0.1) is 0 Å². The van der Waals surface area contributed by atoms with Crippen LogP contribution in [0.25, 0.3) is 0 Å². The average molecular weight is 274 g/mol. The molecule has 1 fully saturated rings. The minimum absolute atomic E-state index is 0.0572. The van der Waals surface area contributed by atoms with Gasteiger partial charge in [-0.05, 0) is 36.0 Å². The van der Waals surface area contributed by atoms with Crippen LogP contribution in [0, 0.1) is 29.0 Å². The smallest absolute Gasteiger partial charge is 0.254 e. The van der Waals surface area contributed by atoms with Crippen LogP contribution in [0.2, 0.25) is 0 Å². The molecular formula is C16H19FN2O. The van der Waals surface area contributed by atoms with Crippen LogP contribution in [-0.2, 0) is 0 Å². The molecule has 106 valence electrons. The maximum Gasteiger partial charge on any atom is 0.254 e. The molecule has 1 aliphatic rings. The maximum absolute atomic E-state index is 13.9. The van der Waals surface area contributed by atoms with Gasteiger partial charge >= 0.3 is 0 Å². The zero-order valence-electron chi connectivity index (χ0n) is 11.8. The van der Waals surface area contributed by atoms with E-state index in [0.717, 1.165) is 6.42 Å². The number of hydrogen-bond acceptors (Lipinski definition) is 2. The van der Waals surface area contributed by atoms with Gasteiger partial charge < -0.3 is 11.1 Å². The lowest BCUT2D eigenvalue weighted by atomic mass is 10.1. The zero-order valence-corrected chi connectivity index (χ0v) is 11.8. The van der Waals surface area contributed by atoms with Gasteiger partial charge in [-0.25, -0.2) is 4.39 Å². The fourth-order valence-electron chi connectivity index (χ4n) is 2.17. The van der Waals surface area contributed by atoms with E-state index in [2.05, 4.69) is 31.0 Å². The molecule has 0 bridgehead atoms. The molecule has 0 radical (unpaired) electrons. The second-order valence-corrected chi connectivity index (χ2v) is 5.80. The predicted octanol–water partition coefficient (Wildman–Crippen LogP) is 1.91. The summed E-state index contributed by atoms with van der Waals surface area (Å²) in [5.74, 6) is 4.95. The lowest BCUT2D eigenvalue weighted by molar-refractivity contribution is 0.0946. The van der Waals surface area contributed by atoms with Crippen molar-refractivity contribution < 1.29 is 9.18 Å². The Hall–Kier alpha value is -1.86. The third-order valence-electron chi connectivity index (χ3n) is 3.78. The van der Waals surface area contributed by atoms with E-state index in [4.69, 9.17) is 5.73 Å². The fourth-order valence-corrected chi connectivity index (χ4v) is 2.17. The first kappa shape index (κ1) is 14.5. The Labute approximate surface area is 118 Å². The topological polar surface area (TPSA) is 55.1 Å². The molecule has 1 atom stereocenters. The molecule has 1 aromatic carbocycles. The molecule has 4 heteroatoms. The van der Waals surface area contributed by atoms with Gasteiger partial charge in [-0.1, -0.05) is 25.7 Å². The zero-order chi connectivity index (χ0) is 14.8.